The number of aryl methyl sites for hydroxylation is 1. The largest absolute Gasteiger partial charge is 0.495 e. The predicted octanol–water partition coefficient (Wildman–Crippen LogP) is 1.92. The number of methoxy groups -OCH3 is 1. The van der Waals surface area contributed by atoms with E-state index in [1.807, 2.05) is 0 Å². The second-order valence-electron chi connectivity index (χ2n) is 4.33. The number of nitrogen functional groups attached to an aromatic ring is 1. The summed E-state index contributed by atoms with van der Waals surface area (Å²) in [6.45, 7) is 1.74. The Morgan fingerprint density at radius 2 is 2.05 bits per heavy atom. The first-order valence-electron chi connectivity index (χ1n) is 5.92. The van der Waals surface area contributed by atoms with Crippen LogP contribution < -0.4 is 15.2 Å². The van der Waals surface area contributed by atoms with Crippen LogP contribution in [0.5, 0.6) is 5.75 Å². The van der Waals surface area contributed by atoms with E-state index in [0.29, 0.717) is 11.3 Å². The van der Waals surface area contributed by atoms with Crippen molar-refractivity contribution in [3.8, 4) is 5.75 Å². The van der Waals surface area contributed by atoms with Gasteiger partial charge in [0.2, 0.25) is 5.95 Å². The zero-order valence-electron chi connectivity index (χ0n) is 11.4. The van der Waals surface area contributed by atoms with Crippen LogP contribution in [0.3, 0.4) is 0 Å². The molecule has 0 unspecified atom stereocenters. The lowest BCUT2D eigenvalue weighted by Crippen LogP contribution is -2.15. The molecule has 0 aliphatic heterocycles. The number of ether oxygens (including phenoxy) is 1. The van der Waals surface area contributed by atoms with Crippen LogP contribution in [-0.4, -0.2) is 20.5 Å². The van der Waals surface area contributed by atoms with Gasteiger partial charge in [-0.2, -0.15) is 4.39 Å². The van der Waals surface area contributed by atoms with Crippen molar-refractivity contribution in [1.29, 1.82) is 0 Å². The molecule has 0 amide bonds. The Balaban J connectivity index is 2.44. The summed E-state index contributed by atoms with van der Waals surface area (Å²) in [6, 6.07) is 5.17. The van der Waals surface area contributed by atoms with Crippen LogP contribution in [0.15, 0.2) is 35.4 Å². The number of anilines is 2. The fourth-order valence-electron chi connectivity index (χ4n) is 1.69. The van der Waals surface area contributed by atoms with Gasteiger partial charge in [0.1, 0.15) is 10.6 Å². The summed E-state index contributed by atoms with van der Waals surface area (Å²) in [6.07, 6.45) is 1.08. The molecule has 0 fully saturated rings. The number of nitrogens with two attached hydrogens (primary N) is 1. The Labute approximate surface area is 121 Å². The third kappa shape index (κ3) is 3.22. The molecule has 1 heterocycles. The normalized spacial score (nSPS) is 11.2. The van der Waals surface area contributed by atoms with E-state index in [2.05, 4.69) is 9.71 Å². The van der Waals surface area contributed by atoms with Gasteiger partial charge in [-0.05, 0) is 36.8 Å². The second kappa shape index (κ2) is 5.57. The Bertz CT molecular complexity index is 761. The molecule has 8 heteroatoms. The van der Waals surface area contributed by atoms with Crippen molar-refractivity contribution in [3.63, 3.8) is 0 Å². The van der Waals surface area contributed by atoms with Crippen LogP contribution in [0.25, 0.3) is 0 Å². The Hall–Kier alpha value is -2.35. The zero-order valence-corrected chi connectivity index (χ0v) is 12.2. The van der Waals surface area contributed by atoms with Crippen LogP contribution in [0.2, 0.25) is 0 Å². The lowest BCUT2D eigenvalue weighted by Gasteiger charge is -2.13. The lowest BCUT2D eigenvalue weighted by atomic mass is 10.2. The monoisotopic (exact) mass is 311 g/mol. The summed E-state index contributed by atoms with van der Waals surface area (Å²) in [5.41, 5.74) is 6.91. The molecule has 1 aromatic heterocycles. The number of pyridine rings is 1. The average Bonchev–Trinajstić information content (AvgIpc) is 2.43. The highest BCUT2D eigenvalue weighted by atomic mass is 32.2. The predicted molar refractivity (Wildman–Crippen MR) is 77.1 cm³/mol. The highest BCUT2D eigenvalue weighted by Gasteiger charge is 2.21. The number of aromatic nitrogens is 1. The molecule has 0 atom stereocenters. The average molecular weight is 311 g/mol. The molecule has 2 rings (SSSR count). The van der Waals surface area contributed by atoms with Gasteiger partial charge < -0.3 is 10.5 Å². The SMILES string of the molecule is COc1cc(C)c(N)cc1S(=O)(=O)Nc1ccc(F)nc1. The molecule has 0 radical (unpaired) electrons. The van der Waals surface area contributed by atoms with Gasteiger partial charge in [-0.3, -0.25) is 4.72 Å². The van der Waals surface area contributed by atoms with Crippen LogP contribution in [0.4, 0.5) is 15.8 Å². The first kappa shape index (κ1) is 15.0. The topological polar surface area (TPSA) is 94.3 Å². The number of benzene rings is 1. The summed E-state index contributed by atoms with van der Waals surface area (Å²) in [5.74, 6) is -0.528. The van der Waals surface area contributed by atoms with E-state index in [-0.39, 0.29) is 16.3 Å². The van der Waals surface area contributed by atoms with Gasteiger partial charge in [0.15, 0.2) is 0 Å². The molecule has 6 nitrogen and oxygen atoms in total. The standard InChI is InChI=1S/C13H14FN3O3S/c1-8-5-11(20-2)12(6-10(8)15)21(18,19)17-9-3-4-13(14)16-7-9/h3-7,17H,15H2,1-2H3. The van der Waals surface area contributed by atoms with Gasteiger partial charge in [-0.25, -0.2) is 13.4 Å². The molecular weight excluding hydrogens is 297 g/mol. The molecule has 0 aliphatic carbocycles. The van der Waals surface area contributed by atoms with Gasteiger partial charge in [0.25, 0.3) is 10.0 Å². The molecule has 2 aromatic rings. The maximum absolute atomic E-state index is 12.7. The number of sulfonamides is 1. The van der Waals surface area contributed by atoms with E-state index in [1.54, 1.807) is 6.92 Å². The number of hydrogen-bond donors (Lipinski definition) is 2. The third-order valence-corrected chi connectivity index (χ3v) is 4.22. The summed E-state index contributed by atoms with van der Waals surface area (Å²) >= 11 is 0. The van der Waals surface area contributed by atoms with E-state index in [4.69, 9.17) is 10.5 Å². The van der Waals surface area contributed by atoms with E-state index in [9.17, 15) is 12.8 Å². The van der Waals surface area contributed by atoms with Crippen molar-refractivity contribution < 1.29 is 17.5 Å². The third-order valence-electron chi connectivity index (χ3n) is 2.82. The molecule has 3 N–H and O–H groups in total. The van der Waals surface area contributed by atoms with Crippen molar-refractivity contribution >= 4 is 21.4 Å². The number of halogens is 1. The number of hydrogen-bond acceptors (Lipinski definition) is 5. The highest BCUT2D eigenvalue weighted by molar-refractivity contribution is 7.92. The Morgan fingerprint density at radius 1 is 1.33 bits per heavy atom. The Kier molecular flexibility index (Phi) is 3.99. The smallest absolute Gasteiger partial charge is 0.265 e. The van der Waals surface area contributed by atoms with Crippen LogP contribution >= 0.6 is 0 Å². The molecule has 0 saturated carbocycles. The first-order chi connectivity index (χ1) is 9.83. The summed E-state index contributed by atoms with van der Waals surface area (Å²) in [5, 5.41) is 0. The molecule has 1 aromatic carbocycles. The van der Waals surface area contributed by atoms with E-state index < -0.39 is 16.0 Å². The molecule has 0 bridgehead atoms. The number of rotatable bonds is 4. The van der Waals surface area contributed by atoms with Gasteiger partial charge in [0.05, 0.1) is 19.0 Å². The minimum atomic E-state index is -3.93. The van der Waals surface area contributed by atoms with Crippen LogP contribution in [-0.2, 0) is 10.0 Å². The zero-order chi connectivity index (χ0) is 15.6. The summed E-state index contributed by atoms with van der Waals surface area (Å²) < 4.78 is 44.8. The fraction of sp³-hybridized carbons (Fsp3) is 0.154. The van der Waals surface area contributed by atoms with E-state index >= 15 is 0 Å². The van der Waals surface area contributed by atoms with Crippen molar-refractivity contribution in [1.82, 2.24) is 4.98 Å². The molecule has 112 valence electrons. The molecule has 0 saturated heterocycles. The second-order valence-corrected chi connectivity index (χ2v) is 5.99. The fourth-order valence-corrected chi connectivity index (χ4v) is 2.92. The number of nitrogens with one attached hydrogen (secondary N) is 1. The van der Waals surface area contributed by atoms with Gasteiger partial charge >= 0.3 is 0 Å². The Morgan fingerprint density at radius 3 is 2.62 bits per heavy atom. The number of nitrogens with zero attached hydrogens (tertiary/aromatic N) is 1. The lowest BCUT2D eigenvalue weighted by molar-refractivity contribution is 0.402. The highest BCUT2D eigenvalue weighted by Crippen LogP contribution is 2.30. The van der Waals surface area contributed by atoms with Gasteiger partial charge in [-0.15, -0.1) is 0 Å². The van der Waals surface area contributed by atoms with Crippen molar-refractivity contribution in [2.45, 2.75) is 11.8 Å². The quantitative estimate of drug-likeness (QED) is 0.664. The van der Waals surface area contributed by atoms with Crippen molar-refractivity contribution in [2.75, 3.05) is 17.6 Å². The van der Waals surface area contributed by atoms with Crippen LogP contribution in [0.1, 0.15) is 5.56 Å². The van der Waals surface area contributed by atoms with Crippen molar-refractivity contribution in [3.05, 3.63) is 42.0 Å². The summed E-state index contributed by atoms with van der Waals surface area (Å²) in [7, 11) is -2.56. The maximum atomic E-state index is 12.7. The van der Waals surface area contributed by atoms with Gasteiger partial charge in [-0.1, -0.05) is 0 Å². The van der Waals surface area contributed by atoms with Crippen LogP contribution in [0, 0.1) is 12.9 Å². The molecular formula is C13H14FN3O3S. The van der Waals surface area contributed by atoms with E-state index in [1.165, 1.54) is 25.3 Å². The van der Waals surface area contributed by atoms with Crippen molar-refractivity contribution in [2.24, 2.45) is 0 Å². The summed E-state index contributed by atoms with van der Waals surface area (Å²) in [4.78, 5) is 3.28. The first-order valence-corrected chi connectivity index (χ1v) is 7.40. The molecule has 0 spiro atoms. The minimum Gasteiger partial charge on any atom is -0.495 e. The van der Waals surface area contributed by atoms with Gasteiger partial charge in [0, 0.05) is 5.69 Å². The molecule has 0 aliphatic rings. The van der Waals surface area contributed by atoms with E-state index in [0.717, 1.165) is 12.3 Å². The maximum Gasteiger partial charge on any atom is 0.265 e. The minimum absolute atomic E-state index is 0.0996. The molecule has 21 heavy (non-hydrogen) atoms.